The minimum Gasteiger partial charge on any atom is -0.480 e. The van der Waals surface area contributed by atoms with E-state index in [1.807, 2.05) is 0 Å². The Labute approximate surface area is 232 Å². The fourth-order valence-electron chi connectivity index (χ4n) is 4.33. The zero-order valence-electron chi connectivity index (χ0n) is 21.2. The van der Waals surface area contributed by atoms with E-state index in [0.29, 0.717) is 37.0 Å². The fraction of sp³-hybridized carbons (Fsp3) is 0.360. The number of anilines is 1. The van der Waals surface area contributed by atoms with Crippen LogP contribution in [0.3, 0.4) is 0 Å². The molecule has 41 heavy (non-hydrogen) atoms. The van der Waals surface area contributed by atoms with Gasteiger partial charge in [-0.25, -0.2) is 13.8 Å². The van der Waals surface area contributed by atoms with Crippen molar-refractivity contribution in [2.45, 2.75) is 38.4 Å². The molecule has 4 rings (SSSR count). The van der Waals surface area contributed by atoms with E-state index in [9.17, 15) is 46.2 Å². The van der Waals surface area contributed by atoms with Crippen molar-refractivity contribution in [3.63, 3.8) is 0 Å². The minimum atomic E-state index is -4.62. The van der Waals surface area contributed by atoms with Crippen LogP contribution in [0, 0.1) is 24.5 Å². The van der Waals surface area contributed by atoms with E-state index in [2.05, 4.69) is 15.4 Å². The molecule has 0 saturated carbocycles. The van der Waals surface area contributed by atoms with Gasteiger partial charge in [-0.1, -0.05) is 0 Å². The van der Waals surface area contributed by atoms with Crippen molar-refractivity contribution < 1.29 is 46.2 Å². The topological polar surface area (TPSA) is 134 Å². The molecular formula is C25H22F5N5O5S. The smallest absolute Gasteiger partial charge is 0.435 e. The molecule has 218 valence electrons. The molecule has 1 saturated heterocycles. The Kier molecular flexibility index (Phi) is 8.51. The number of carboxylic acids is 1. The van der Waals surface area contributed by atoms with Crippen molar-refractivity contribution in [3.05, 3.63) is 63.2 Å². The summed E-state index contributed by atoms with van der Waals surface area (Å²) < 4.78 is 66.8. The molecular weight excluding hydrogens is 577 g/mol. The van der Waals surface area contributed by atoms with Crippen LogP contribution in [0.1, 0.15) is 45.5 Å². The molecule has 0 aliphatic carbocycles. The Morgan fingerprint density at radius 3 is 2.41 bits per heavy atom. The number of ketones is 1. The highest BCUT2D eigenvalue weighted by atomic mass is 32.1. The molecule has 16 heteroatoms. The molecule has 3 aromatic rings. The number of aryl methyl sites for hydroxylation is 1. The summed E-state index contributed by atoms with van der Waals surface area (Å²) in [5.41, 5.74) is -1.62. The molecule has 0 radical (unpaired) electrons. The average molecular weight is 600 g/mol. The minimum absolute atomic E-state index is 0.0261. The van der Waals surface area contributed by atoms with E-state index in [0.717, 1.165) is 34.2 Å². The normalized spacial score (nSPS) is 15.0. The molecule has 2 amide bonds. The summed E-state index contributed by atoms with van der Waals surface area (Å²) >= 11 is 1.16. The molecule has 1 atom stereocenters. The number of likely N-dealkylation sites (tertiary alicyclic amines) is 1. The van der Waals surface area contributed by atoms with Crippen LogP contribution in [0.4, 0.5) is 27.8 Å². The third-order valence-electron chi connectivity index (χ3n) is 6.49. The van der Waals surface area contributed by atoms with E-state index in [1.54, 1.807) is 0 Å². The number of hydrogen-bond donors (Lipinski definition) is 2. The predicted molar refractivity (Wildman–Crippen MR) is 133 cm³/mol. The number of aliphatic carboxylic acids is 1. The molecule has 1 aromatic carbocycles. The Bertz CT molecular complexity index is 1500. The highest BCUT2D eigenvalue weighted by Gasteiger charge is 2.37. The Hall–Kier alpha value is -4.21. The second-order valence-electron chi connectivity index (χ2n) is 9.30. The first-order valence-corrected chi connectivity index (χ1v) is 13.0. The van der Waals surface area contributed by atoms with Gasteiger partial charge in [0.25, 0.3) is 0 Å². The van der Waals surface area contributed by atoms with Gasteiger partial charge in [0.1, 0.15) is 24.0 Å². The summed E-state index contributed by atoms with van der Waals surface area (Å²) in [7, 11) is 0. The average Bonchev–Trinajstić information content (AvgIpc) is 3.50. The number of carboxylic acid groups (broad SMARTS) is 1. The number of halogens is 5. The third-order valence-corrected chi connectivity index (χ3v) is 7.50. The van der Waals surface area contributed by atoms with E-state index in [4.69, 9.17) is 0 Å². The highest BCUT2D eigenvalue weighted by Crippen LogP contribution is 2.32. The molecule has 0 bridgehead atoms. The van der Waals surface area contributed by atoms with Crippen molar-refractivity contribution in [1.82, 2.24) is 19.7 Å². The van der Waals surface area contributed by atoms with E-state index in [1.165, 1.54) is 17.2 Å². The number of carbonyl (C=O) groups excluding carboxylic acids is 3. The van der Waals surface area contributed by atoms with Crippen LogP contribution >= 0.6 is 11.3 Å². The highest BCUT2D eigenvalue weighted by molar-refractivity contribution is 7.10. The van der Waals surface area contributed by atoms with Crippen molar-refractivity contribution in [3.8, 4) is 0 Å². The van der Waals surface area contributed by atoms with Gasteiger partial charge in [-0.3, -0.25) is 23.9 Å². The zero-order valence-corrected chi connectivity index (χ0v) is 22.1. The lowest BCUT2D eigenvalue weighted by Crippen LogP contribution is -2.40. The van der Waals surface area contributed by atoms with E-state index in [-0.39, 0.29) is 24.0 Å². The number of nitrogens with one attached hydrogen (secondary N) is 1. The van der Waals surface area contributed by atoms with Gasteiger partial charge in [-0.2, -0.15) is 18.3 Å². The first-order valence-electron chi connectivity index (χ1n) is 12.1. The number of carbonyl (C=O) groups is 4. The maximum atomic E-state index is 14.0. The van der Waals surface area contributed by atoms with Crippen molar-refractivity contribution >= 4 is 40.7 Å². The first kappa shape index (κ1) is 29.8. The van der Waals surface area contributed by atoms with Crippen LogP contribution in [0.25, 0.3) is 0 Å². The van der Waals surface area contributed by atoms with Gasteiger partial charge in [0.05, 0.1) is 10.6 Å². The maximum absolute atomic E-state index is 14.0. The lowest BCUT2D eigenvalue weighted by molar-refractivity contribution is -0.143. The number of Topliss-reactive ketones (excluding diaryl/α,β-unsaturated/α-hetero) is 1. The molecule has 1 unspecified atom stereocenters. The number of aromatic nitrogens is 3. The first-order chi connectivity index (χ1) is 19.2. The molecule has 2 N–H and O–H groups in total. The van der Waals surface area contributed by atoms with Gasteiger partial charge in [0, 0.05) is 36.1 Å². The monoisotopic (exact) mass is 599 g/mol. The van der Waals surface area contributed by atoms with Crippen LogP contribution in [0.15, 0.2) is 29.6 Å². The van der Waals surface area contributed by atoms with Crippen LogP contribution < -0.4 is 5.32 Å². The number of alkyl halides is 3. The maximum Gasteiger partial charge on any atom is 0.435 e. The molecule has 1 aliphatic rings. The summed E-state index contributed by atoms with van der Waals surface area (Å²) in [6.45, 7) is 1.69. The fourth-order valence-corrected chi connectivity index (χ4v) is 5.26. The van der Waals surface area contributed by atoms with Crippen molar-refractivity contribution in [2.24, 2.45) is 5.92 Å². The van der Waals surface area contributed by atoms with Gasteiger partial charge in [0.2, 0.25) is 11.8 Å². The van der Waals surface area contributed by atoms with Gasteiger partial charge in [-0.05, 0) is 38.0 Å². The largest absolute Gasteiger partial charge is 0.480 e. The third kappa shape index (κ3) is 6.75. The number of rotatable bonds is 8. The Morgan fingerprint density at radius 2 is 1.83 bits per heavy atom. The van der Waals surface area contributed by atoms with Gasteiger partial charge in [0.15, 0.2) is 17.4 Å². The van der Waals surface area contributed by atoms with Crippen LogP contribution in [-0.2, 0) is 27.1 Å². The molecule has 10 nitrogen and oxygen atoms in total. The summed E-state index contributed by atoms with van der Waals surface area (Å²) in [5.74, 6) is -9.58. The number of benzene rings is 1. The number of amides is 2. The molecule has 2 aromatic heterocycles. The Balaban J connectivity index is 1.35. The van der Waals surface area contributed by atoms with Crippen molar-refractivity contribution in [1.29, 1.82) is 0 Å². The standard InChI is InChI=1S/C25H22F5N5O5S/c1-12-8-17(25(28,29)30)33-35(12)10-19(36)34-6-4-13(5-7-34)23-32-18(11-41-23)31-22(38)20(24(39)40)21(37)15-3-2-14(26)9-16(15)27/h2-3,8-9,11,13,20H,4-7,10H2,1H3,(H,31,38)(H,39,40). The molecule has 1 fully saturated rings. The van der Waals surface area contributed by atoms with Gasteiger partial charge in [-0.15, -0.1) is 11.3 Å². The number of thiazole rings is 1. The molecule has 1 aliphatic heterocycles. The predicted octanol–water partition coefficient (Wildman–Crippen LogP) is 3.87. The summed E-state index contributed by atoms with van der Waals surface area (Å²) in [5, 5.41) is 17.2. The van der Waals surface area contributed by atoms with E-state index >= 15 is 0 Å². The quantitative estimate of drug-likeness (QED) is 0.228. The summed E-state index contributed by atoms with van der Waals surface area (Å²) in [6.07, 6.45) is -3.68. The molecule has 3 heterocycles. The SMILES string of the molecule is Cc1cc(C(F)(F)F)nn1CC(=O)N1CCC(c2nc(NC(=O)C(C(=O)O)C(=O)c3ccc(F)cc3F)cs2)CC1. The summed E-state index contributed by atoms with van der Waals surface area (Å²) in [4.78, 5) is 55.3. The lowest BCUT2D eigenvalue weighted by Gasteiger charge is -2.31. The summed E-state index contributed by atoms with van der Waals surface area (Å²) in [6, 6.07) is 2.79. The van der Waals surface area contributed by atoms with Gasteiger partial charge < -0.3 is 15.3 Å². The lowest BCUT2D eigenvalue weighted by atomic mass is 9.96. The van der Waals surface area contributed by atoms with Gasteiger partial charge >= 0.3 is 12.1 Å². The zero-order chi connectivity index (χ0) is 30.1. The molecule has 0 spiro atoms. The van der Waals surface area contributed by atoms with Crippen LogP contribution in [-0.4, -0.2) is 61.4 Å². The van der Waals surface area contributed by atoms with Crippen LogP contribution in [0.5, 0.6) is 0 Å². The van der Waals surface area contributed by atoms with Crippen LogP contribution in [0.2, 0.25) is 0 Å². The number of piperidine rings is 1. The number of hydrogen-bond acceptors (Lipinski definition) is 7. The van der Waals surface area contributed by atoms with Crippen molar-refractivity contribution in [2.75, 3.05) is 18.4 Å². The second kappa shape index (κ2) is 11.7. The number of nitrogens with zero attached hydrogens (tertiary/aromatic N) is 4. The van der Waals surface area contributed by atoms with E-state index < -0.39 is 58.6 Å². The second-order valence-corrected chi connectivity index (χ2v) is 10.2. The Morgan fingerprint density at radius 1 is 1.15 bits per heavy atom.